The number of rotatable bonds is 4. The molecule has 0 saturated carbocycles. The van der Waals surface area contributed by atoms with Crippen LogP contribution >= 0.6 is 0 Å². The second kappa shape index (κ2) is 7.06. The van der Waals surface area contributed by atoms with Crippen LogP contribution in [0.4, 0.5) is 0 Å². The summed E-state index contributed by atoms with van der Waals surface area (Å²) in [6.45, 7) is 5.57. The van der Waals surface area contributed by atoms with Crippen molar-refractivity contribution in [1.29, 1.82) is 5.26 Å². The maximum Gasteiger partial charge on any atom is 0.253 e. The van der Waals surface area contributed by atoms with Gasteiger partial charge in [-0.05, 0) is 57.0 Å². The fraction of sp³-hybridized carbons (Fsp3) is 0.500. The Kier molecular flexibility index (Phi) is 5.14. The van der Waals surface area contributed by atoms with Crippen molar-refractivity contribution in [2.24, 2.45) is 5.92 Å². The first-order chi connectivity index (χ1) is 9.74. The van der Waals surface area contributed by atoms with E-state index in [1.54, 1.807) is 24.3 Å². The Balaban J connectivity index is 2.05. The molecule has 0 aliphatic carbocycles. The van der Waals surface area contributed by atoms with Gasteiger partial charge in [-0.2, -0.15) is 5.26 Å². The third-order valence-electron chi connectivity index (χ3n) is 3.79. The quantitative estimate of drug-likeness (QED) is 0.911. The SMILES string of the molecule is CCN(CC1CCCNC1)C(=O)c1cccc(C#N)c1. The Morgan fingerprint density at radius 1 is 1.55 bits per heavy atom. The molecule has 1 fully saturated rings. The van der Waals surface area contributed by atoms with E-state index in [0.29, 0.717) is 23.6 Å². The molecule has 4 heteroatoms. The third-order valence-corrected chi connectivity index (χ3v) is 3.79. The van der Waals surface area contributed by atoms with Crippen molar-refractivity contribution >= 4 is 5.91 Å². The Hall–Kier alpha value is -1.86. The van der Waals surface area contributed by atoms with Crippen LogP contribution in [-0.2, 0) is 0 Å². The minimum atomic E-state index is 0.0233. The summed E-state index contributed by atoms with van der Waals surface area (Å²) >= 11 is 0. The van der Waals surface area contributed by atoms with Crippen LogP contribution in [0.3, 0.4) is 0 Å². The topological polar surface area (TPSA) is 56.1 Å². The Morgan fingerprint density at radius 2 is 2.40 bits per heavy atom. The highest BCUT2D eigenvalue weighted by Crippen LogP contribution is 2.14. The summed E-state index contributed by atoms with van der Waals surface area (Å²) in [5.74, 6) is 0.557. The first-order valence-electron chi connectivity index (χ1n) is 7.24. The van der Waals surface area contributed by atoms with Gasteiger partial charge >= 0.3 is 0 Å². The number of amides is 1. The summed E-state index contributed by atoms with van der Waals surface area (Å²) in [6.07, 6.45) is 2.36. The molecule has 106 valence electrons. The molecular weight excluding hydrogens is 250 g/mol. The van der Waals surface area contributed by atoms with Crippen LogP contribution in [0.5, 0.6) is 0 Å². The minimum Gasteiger partial charge on any atom is -0.339 e. The molecule has 1 saturated heterocycles. The van der Waals surface area contributed by atoms with E-state index in [4.69, 9.17) is 5.26 Å². The molecule has 1 N–H and O–H groups in total. The average Bonchev–Trinajstić information content (AvgIpc) is 2.53. The van der Waals surface area contributed by atoms with Crippen molar-refractivity contribution in [2.75, 3.05) is 26.2 Å². The molecule has 1 amide bonds. The van der Waals surface area contributed by atoms with Gasteiger partial charge in [0.05, 0.1) is 11.6 Å². The molecule has 0 aromatic heterocycles. The van der Waals surface area contributed by atoms with Crippen molar-refractivity contribution < 1.29 is 4.79 Å². The fourth-order valence-electron chi connectivity index (χ4n) is 2.65. The molecule has 1 aromatic rings. The van der Waals surface area contributed by atoms with Crippen LogP contribution in [0, 0.1) is 17.2 Å². The van der Waals surface area contributed by atoms with Crippen molar-refractivity contribution in [3.05, 3.63) is 35.4 Å². The molecular formula is C16H21N3O. The third kappa shape index (κ3) is 3.58. The summed E-state index contributed by atoms with van der Waals surface area (Å²) in [5.41, 5.74) is 1.14. The van der Waals surface area contributed by atoms with Crippen LogP contribution in [0.1, 0.15) is 35.7 Å². The zero-order valence-corrected chi connectivity index (χ0v) is 11.9. The maximum atomic E-state index is 12.5. The molecule has 1 heterocycles. The lowest BCUT2D eigenvalue weighted by Crippen LogP contribution is -2.41. The molecule has 1 unspecified atom stereocenters. The number of nitrogens with one attached hydrogen (secondary N) is 1. The average molecular weight is 271 g/mol. The number of piperidine rings is 1. The van der Waals surface area contributed by atoms with Crippen LogP contribution in [0.25, 0.3) is 0 Å². The van der Waals surface area contributed by atoms with Gasteiger partial charge in [0.25, 0.3) is 5.91 Å². The first kappa shape index (κ1) is 14.5. The minimum absolute atomic E-state index is 0.0233. The molecule has 0 radical (unpaired) electrons. The normalized spacial score (nSPS) is 18.3. The molecule has 4 nitrogen and oxygen atoms in total. The van der Waals surface area contributed by atoms with Crippen LogP contribution < -0.4 is 5.32 Å². The summed E-state index contributed by atoms with van der Waals surface area (Å²) < 4.78 is 0. The number of hydrogen-bond donors (Lipinski definition) is 1. The van der Waals surface area contributed by atoms with Crippen molar-refractivity contribution in [3.8, 4) is 6.07 Å². The van der Waals surface area contributed by atoms with Crippen LogP contribution in [0.2, 0.25) is 0 Å². The number of nitrogens with zero attached hydrogens (tertiary/aromatic N) is 2. The maximum absolute atomic E-state index is 12.5. The van der Waals surface area contributed by atoms with Gasteiger partial charge in [0.1, 0.15) is 0 Å². The second-order valence-corrected chi connectivity index (χ2v) is 5.25. The number of benzene rings is 1. The number of hydrogen-bond acceptors (Lipinski definition) is 3. The zero-order chi connectivity index (χ0) is 14.4. The highest BCUT2D eigenvalue weighted by Gasteiger charge is 2.20. The van der Waals surface area contributed by atoms with Gasteiger partial charge in [0, 0.05) is 18.7 Å². The zero-order valence-electron chi connectivity index (χ0n) is 11.9. The molecule has 20 heavy (non-hydrogen) atoms. The fourth-order valence-corrected chi connectivity index (χ4v) is 2.65. The van der Waals surface area contributed by atoms with Gasteiger partial charge in [-0.3, -0.25) is 4.79 Å². The van der Waals surface area contributed by atoms with Crippen molar-refractivity contribution in [3.63, 3.8) is 0 Å². The summed E-state index contributed by atoms with van der Waals surface area (Å²) in [7, 11) is 0. The lowest BCUT2D eigenvalue weighted by atomic mass is 9.98. The summed E-state index contributed by atoms with van der Waals surface area (Å²) in [5, 5.41) is 12.3. The van der Waals surface area contributed by atoms with E-state index < -0.39 is 0 Å². The molecule has 1 atom stereocenters. The van der Waals surface area contributed by atoms with E-state index in [-0.39, 0.29) is 5.91 Å². The van der Waals surface area contributed by atoms with Gasteiger partial charge < -0.3 is 10.2 Å². The Labute approximate surface area is 120 Å². The highest BCUT2D eigenvalue weighted by molar-refractivity contribution is 5.94. The number of carbonyl (C=O) groups excluding carboxylic acids is 1. The Bertz CT molecular complexity index is 501. The van der Waals surface area contributed by atoms with Gasteiger partial charge in [0.15, 0.2) is 0 Å². The molecule has 1 aliphatic heterocycles. The van der Waals surface area contributed by atoms with Crippen molar-refractivity contribution in [1.82, 2.24) is 10.2 Å². The smallest absolute Gasteiger partial charge is 0.253 e. The number of nitriles is 1. The van der Waals surface area contributed by atoms with Crippen molar-refractivity contribution in [2.45, 2.75) is 19.8 Å². The summed E-state index contributed by atoms with van der Waals surface area (Å²) in [6, 6.07) is 9.02. The van der Waals surface area contributed by atoms with Crippen LogP contribution in [0.15, 0.2) is 24.3 Å². The predicted octanol–water partition coefficient (Wildman–Crippen LogP) is 2.02. The van der Waals surface area contributed by atoms with Gasteiger partial charge in [-0.15, -0.1) is 0 Å². The van der Waals surface area contributed by atoms with E-state index in [2.05, 4.69) is 11.4 Å². The molecule has 0 bridgehead atoms. The standard InChI is InChI=1S/C16H21N3O/c1-2-19(12-14-6-4-8-18-11-14)16(20)15-7-3-5-13(9-15)10-17/h3,5,7,9,14,18H,2,4,6,8,11-12H2,1H3. The van der Waals surface area contributed by atoms with E-state index in [9.17, 15) is 4.79 Å². The van der Waals surface area contributed by atoms with Crippen LogP contribution in [-0.4, -0.2) is 37.0 Å². The van der Waals surface area contributed by atoms with Gasteiger partial charge in [0.2, 0.25) is 0 Å². The first-order valence-corrected chi connectivity index (χ1v) is 7.24. The molecule has 1 aliphatic rings. The van der Waals surface area contributed by atoms with Gasteiger partial charge in [-0.1, -0.05) is 6.07 Å². The van der Waals surface area contributed by atoms with E-state index in [1.807, 2.05) is 11.8 Å². The molecule has 0 spiro atoms. The highest BCUT2D eigenvalue weighted by atomic mass is 16.2. The van der Waals surface area contributed by atoms with E-state index in [0.717, 1.165) is 19.6 Å². The molecule has 2 rings (SSSR count). The monoisotopic (exact) mass is 271 g/mol. The van der Waals surface area contributed by atoms with E-state index >= 15 is 0 Å². The summed E-state index contributed by atoms with van der Waals surface area (Å²) in [4.78, 5) is 14.4. The second-order valence-electron chi connectivity index (χ2n) is 5.25. The lowest BCUT2D eigenvalue weighted by molar-refractivity contribution is 0.0729. The largest absolute Gasteiger partial charge is 0.339 e. The molecule has 1 aromatic carbocycles. The predicted molar refractivity (Wildman–Crippen MR) is 78.3 cm³/mol. The van der Waals surface area contributed by atoms with Gasteiger partial charge in [-0.25, -0.2) is 0 Å². The number of carbonyl (C=O) groups is 1. The lowest BCUT2D eigenvalue weighted by Gasteiger charge is -2.29. The van der Waals surface area contributed by atoms with E-state index in [1.165, 1.54) is 12.8 Å². The Morgan fingerprint density at radius 3 is 3.05 bits per heavy atom.